The van der Waals surface area contributed by atoms with Gasteiger partial charge in [0.15, 0.2) is 0 Å². The van der Waals surface area contributed by atoms with Crippen molar-refractivity contribution in [2.24, 2.45) is 0 Å². The number of amides is 2. The Balaban J connectivity index is 1.32. The number of oxazole rings is 1. The molecule has 1 aromatic heterocycles. The van der Waals surface area contributed by atoms with Crippen LogP contribution in [-0.2, 0) is 4.79 Å². The molecule has 0 aliphatic carbocycles. The average molecular weight is 436 g/mol. The van der Waals surface area contributed by atoms with E-state index in [-0.39, 0.29) is 11.1 Å². The summed E-state index contributed by atoms with van der Waals surface area (Å²) < 4.78 is 11.6. The fraction of sp³-hybridized carbons (Fsp3) is 0.174. The maximum Gasteiger partial charge on any atom is 0.297 e. The topological polar surface area (TPSA) is 84.7 Å². The lowest BCUT2D eigenvalue weighted by Gasteiger charge is -2.15. The molecule has 1 aliphatic heterocycles. The molecule has 0 spiro atoms. The summed E-state index contributed by atoms with van der Waals surface area (Å²) in [6, 6.07) is 17.8. The van der Waals surface area contributed by atoms with Crippen LogP contribution in [0.25, 0.3) is 17.3 Å². The van der Waals surface area contributed by atoms with Gasteiger partial charge in [-0.3, -0.25) is 14.9 Å². The van der Waals surface area contributed by atoms with E-state index in [4.69, 9.17) is 9.15 Å². The number of aromatic nitrogens is 1. The number of hydrogen-bond acceptors (Lipinski definition) is 7. The number of anilines is 1. The van der Waals surface area contributed by atoms with Gasteiger partial charge in [0.05, 0.1) is 11.4 Å². The number of carbonyl (C=O) groups excluding carboxylic acids is 2. The van der Waals surface area contributed by atoms with E-state index in [1.54, 1.807) is 6.08 Å². The van der Waals surface area contributed by atoms with Crippen molar-refractivity contribution in [1.29, 1.82) is 0 Å². The molecule has 31 heavy (non-hydrogen) atoms. The first-order chi connectivity index (χ1) is 15.0. The zero-order valence-corrected chi connectivity index (χ0v) is 17.9. The maximum absolute atomic E-state index is 11.6. The van der Waals surface area contributed by atoms with Gasteiger partial charge in [0.25, 0.3) is 17.2 Å². The van der Waals surface area contributed by atoms with Crippen molar-refractivity contribution in [1.82, 2.24) is 10.3 Å². The Morgan fingerprint density at radius 3 is 2.55 bits per heavy atom. The average Bonchev–Trinajstić information content (AvgIpc) is 3.31. The number of aryl methyl sites for hydroxylation is 1. The molecule has 2 amide bonds. The number of rotatable bonds is 7. The van der Waals surface area contributed by atoms with Crippen molar-refractivity contribution in [3.63, 3.8) is 0 Å². The molecule has 158 valence electrons. The molecule has 0 unspecified atom stereocenters. The van der Waals surface area contributed by atoms with Crippen molar-refractivity contribution < 1.29 is 18.7 Å². The predicted molar refractivity (Wildman–Crippen MR) is 121 cm³/mol. The molecule has 0 atom stereocenters. The Labute approximate surface area is 184 Å². The highest BCUT2D eigenvalue weighted by atomic mass is 32.2. The lowest BCUT2D eigenvalue weighted by Crippen LogP contribution is -2.24. The molecule has 0 saturated carbocycles. The summed E-state index contributed by atoms with van der Waals surface area (Å²) in [4.78, 5) is 29.8. The summed E-state index contributed by atoms with van der Waals surface area (Å²) in [7, 11) is 1.91. The molecule has 1 fully saturated rings. The van der Waals surface area contributed by atoms with E-state index < -0.39 is 0 Å². The predicted octanol–water partition coefficient (Wildman–Crippen LogP) is 4.49. The summed E-state index contributed by atoms with van der Waals surface area (Å²) >= 11 is 0.899. The Bertz CT molecular complexity index is 1120. The van der Waals surface area contributed by atoms with Crippen LogP contribution in [0.4, 0.5) is 10.8 Å². The minimum Gasteiger partial charge on any atom is -0.492 e. The number of imide groups is 1. The van der Waals surface area contributed by atoms with E-state index >= 15 is 0 Å². The molecular formula is C23H21N3O4S. The smallest absolute Gasteiger partial charge is 0.297 e. The Morgan fingerprint density at radius 2 is 1.87 bits per heavy atom. The number of likely N-dealkylation sites (N-methyl/N-ethyl adjacent to an activating group) is 1. The van der Waals surface area contributed by atoms with Gasteiger partial charge >= 0.3 is 0 Å². The summed E-state index contributed by atoms with van der Waals surface area (Å²) in [6.07, 6.45) is 1.68. The monoisotopic (exact) mass is 435 g/mol. The highest BCUT2D eigenvalue weighted by Crippen LogP contribution is 2.27. The molecule has 0 radical (unpaired) electrons. The second-order valence-electron chi connectivity index (χ2n) is 6.96. The minimum atomic E-state index is -0.365. The summed E-state index contributed by atoms with van der Waals surface area (Å²) in [5, 5.41) is 1.89. The van der Waals surface area contributed by atoms with E-state index in [1.165, 1.54) is 0 Å². The maximum atomic E-state index is 11.6. The molecule has 1 aliphatic rings. The first-order valence-corrected chi connectivity index (χ1v) is 10.5. The number of hydrogen-bond donors (Lipinski definition) is 1. The SMILES string of the molecule is Cc1oc(N(C)CCOc2ccc(/C=C3/SC(=O)NC3=O)cc2)nc1-c1ccccc1. The van der Waals surface area contributed by atoms with Gasteiger partial charge in [-0.05, 0) is 42.5 Å². The van der Waals surface area contributed by atoms with Crippen LogP contribution >= 0.6 is 11.8 Å². The lowest BCUT2D eigenvalue weighted by molar-refractivity contribution is -0.115. The molecular weight excluding hydrogens is 414 g/mol. The van der Waals surface area contributed by atoms with Crippen LogP contribution in [0.5, 0.6) is 5.75 Å². The van der Waals surface area contributed by atoms with Crippen LogP contribution in [0.15, 0.2) is 63.9 Å². The van der Waals surface area contributed by atoms with E-state index in [9.17, 15) is 9.59 Å². The van der Waals surface area contributed by atoms with E-state index in [0.29, 0.717) is 29.8 Å². The minimum absolute atomic E-state index is 0.350. The van der Waals surface area contributed by atoms with Crippen molar-refractivity contribution in [2.45, 2.75) is 6.92 Å². The van der Waals surface area contributed by atoms with Gasteiger partial charge in [0.2, 0.25) is 0 Å². The normalized spacial score (nSPS) is 14.7. The van der Waals surface area contributed by atoms with Crippen LogP contribution < -0.4 is 15.0 Å². The summed E-state index contributed by atoms with van der Waals surface area (Å²) in [6.45, 7) is 2.95. The van der Waals surface area contributed by atoms with Crippen molar-refractivity contribution in [2.75, 3.05) is 25.1 Å². The van der Waals surface area contributed by atoms with Crippen molar-refractivity contribution >= 4 is 35.0 Å². The number of nitrogens with one attached hydrogen (secondary N) is 1. The van der Waals surface area contributed by atoms with Gasteiger partial charge in [0, 0.05) is 12.6 Å². The van der Waals surface area contributed by atoms with Crippen molar-refractivity contribution in [3.05, 3.63) is 70.8 Å². The highest BCUT2D eigenvalue weighted by molar-refractivity contribution is 8.18. The second kappa shape index (κ2) is 9.09. The Hall–Kier alpha value is -3.52. The molecule has 1 N–H and O–H groups in total. The fourth-order valence-electron chi connectivity index (χ4n) is 3.04. The van der Waals surface area contributed by atoms with Gasteiger partial charge in [0.1, 0.15) is 23.8 Å². The molecule has 2 heterocycles. The number of carbonyl (C=O) groups is 2. The number of benzene rings is 2. The first-order valence-electron chi connectivity index (χ1n) is 9.71. The molecule has 7 nitrogen and oxygen atoms in total. The van der Waals surface area contributed by atoms with E-state index in [0.717, 1.165) is 34.3 Å². The zero-order valence-electron chi connectivity index (χ0n) is 17.1. The van der Waals surface area contributed by atoms with Crippen LogP contribution in [-0.4, -0.2) is 36.3 Å². The van der Waals surface area contributed by atoms with Gasteiger partial charge in [-0.25, -0.2) is 0 Å². The largest absolute Gasteiger partial charge is 0.492 e. The molecule has 8 heteroatoms. The highest BCUT2D eigenvalue weighted by Gasteiger charge is 2.24. The van der Waals surface area contributed by atoms with Crippen LogP contribution in [0, 0.1) is 6.92 Å². The molecule has 2 aromatic carbocycles. The molecule has 3 aromatic rings. The van der Waals surface area contributed by atoms with E-state index in [1.807, 2.05) is 73.5 Å². The molecule has 4 rings (SSSR count). The Morgan fingerprint density at radius 1 is 1.13 bits per heavy atom. The third-order valence-electron chi connectivity index (χ3n) is 4.67. The number of nitrogens with zero attached hydrogens (tertiary/aromatic N) is 2. The number of ether oxygens (including phenoxy) is 1. The van der Waals surface area contributed by atoms with Gasteiger partial charge < -0.3 is 14.1 Å². The third-order valence-corrected chi connectivity index (χ3v) is 5.49. The summed E-state index contributed by atoms with van der Waals surface area (Å²) in [5.41, 5.74) is 2.68. The molecule has 0 bridgehead atoms. The first kappa shape index (κ1) is 20.7. The summed E-state index contributed by atoms with van der Waals surface area (Å²) in [5.74, 6) is 1.12. The second-order valence-corrected chi connectivity index (χ2v) is 7.97. The zero-order chi connectivity index (χ0) is 21.8. The van der Waals surface area contributed by atoms with Crippen LogP contribution in [0.1, 0.15) is 11.3 Å². The van der Waals surface area contributed by atoms with Crippen LogP contribution in [0.2, 0.25) is 0 Å². The van der Waals surface area contributed by atoms with Crippen LogP contribution in [0.3, 0.4) is 0 Å². The third kappa shape index (κ3) is 4.97. The standard InChI is InChI=1S/C23H21N3O4S/c1-15-20(17-6-4-3-5-7-17)24-22(30-15)26(2)12-13-29-18-10-8-16(9-11-18)14-19-21(27)25-23(28)31-19/h3-11,14H,12-13H2,1-2H3,(H,25,27,28)/b19-14+. The van der Waals surface area contributed by atoms with Gasteiger partial charge in [-0.2, -0.15) is 4.98 Å². The quantitative estimate of drug-likeness (QED) is 0.547. The molecule has 1 saturated heterocycles. The van der Waals surface area contributed by atoms with Crippen molar-refractivity contribution in [3.8, 4) is 17.0 Å². The van der Waals surface area contributed by atoms with E-state index in [2.05, 4.69) is 10.3 Å². The lowest BCUT2D eigenvalue weighted by atomic mass is 10.1. The Kier molecular flexibility index (Phi) is 6.08. The number of thioether (sulfide) groups is 1. The van der Waals surface area contributed by atoms with Gasteiger partial charge in [-0.15, -0.1) is 0 Å². The van der Waals surface area contributed by atoms with Gasteiger partial charge in [-0.1, -0.05) is 42.5 Å². The fourth-order valence-corrected chi connectivity index (χ4v) is 3.72.